The summed E-state index contributed by atoms with van der Waals surface area (Å²) in [4.78, 5) is 8.59. The van der Waals surface area contributed by atoms with Crippen LogP contribution in [0.1, 0.15) is 33.1 Å². The molecule has 3 N–H and O–H groups in total. The van der Waals surface area contributed by atoms with Crippen LogP contribution in [-0.4, -0.2) is 22.3 Å². The zero-order valence-electron chi connectivity index (χ0n) is 10.7. The molecular weight excluding hydrogens is 232 g/mol. The summed E-state index contributed by atoms with van der Waals surface area (Å²) in [6, 6.07) is 2.29. The number of hydrogen-bond donors (Lipinski definition) is 2. The van der Waals surface area contributed by atoms with Crippen molar-refractivity contribution in [2.75, 3.05) is 17.3 Å². The van der Waals surface area contributed by atoms with Crippen molar-refractivity contribution in [2.24, 2.45) is 5.41 Å². The molecule has 0 radical (unpaired) electrons. The van der Waals surface area contributed by atoms with Gasteiger partial charge in [-0.25, -0.2) is 9.97 Å². The van der Waals surface area contributed by atoms with Gasteiger partial charge < -0.3 is 11.1 Å². The lowest BCUT2D eigenvalue weighted by Crippen LogP contribution is -2.31. The van der Waals surface area contributed by atoms with E-state index < -0.39 is 0 Å². The summed E-state index contributed by atoms with van der Waals surface area (Å²) in [7, 11) is 0. The van der Waals surface area contributed by atoms with Gasteiger partial charge in [0, 0.05) is 12.1 Å². The first kappa shape index (κ1) is 12.5. The first-order valence-electron chi connectivity index (χ1n) is 5.96. The van der Waals surface area contributed by atoms with Gasteiger partial charge in [0.25, 0.3) is 0 Å². The highest BCUT2D eigenvalue weighted by Crippen LogP contribution is 2.38. The van der Waals surface area contributed by atoms with E-state index in [0.717, 1.165) is 11.0 Å². The zero-order chi connectivity index (χ0) is 12.5. The van der Waals surface area contributed by atoms with Crippen LogP contribution < -0.4 is 11.1 Å². The third-order valence-electron chi connectivity index (χ3n) is 3.49. The minimum Gasteiger partial charge on any atom is -0.383 e. The van der Waals surface area contributed by atoms with E-state index in [1.165, 1.54) is 31.0 Å². The van der Waals surface area contributed by atoms with Crippen LogP contribution in [0.5, 0.6) is 0 Å². The molecule has 0 aliphatic heterocycles. The quantitative estimate of drug-likeness (QED) is 0.639. The molecule has 5 heteroatoms. The third-order valence-corrected chi connectivity index (χ3v) is 4.04. The average Bonchev–Trinajstić information content (AvgIpc) is 2.57. The Morgan fingerprint density at radius 3 is 2.82 bits per heavy atom. The Balaban J connectivity index is 2.15. The van der Waals surface area contributed by atoms with Crippen molar-refractivity contribution >= 4 is 23.4 Å². The molecule has 1 aromatic rings. The molecule has 1 saturated carbocycles. The van der Waals surface area contributed by atoms with Crippen LogP contribution in [0.25, 0.3) is 0 Å². The van der Waals surface area contributed by atoms with Gasteiger partial charge in [-0.3, -0.25) is 0 Å². The van der Waals surface area contributed by atoms with Crippen LogP contribution in [0.4, 0.5) is 11.6 Å². The predicted molar refractivity (Wildman–Crippen MR) is 73.3 cm³/mol. The molecule has 17 heavy (non-hydrogen) atoms. The van der Waals surface area contributed by atoms with Gasteiger partial charge in [0.15, 0.2) is 5.16 Å². The van der Waals surface area contributed by atoms with Gasteiger partial charge in [-0.1, -0.05) is 32.0 Å². The Kier molecular flexibility index (Phi) is 3.47. The number of anilines is 2. The molecule has 2 rings (SSSR count). The molecule has 4 nitrogen and oxygen atoms in total. The van der Waals surface area contributed by atoms with Crippen molar-refractivity contribution in [1.82, 2.24) is 9.97 Å². The second-order valence-electron chi connectivity index (χ2n) is 5.24. The van der Waals surface area contributed by atoms with Crippen molar-refractivity contribution in [3.8, 4) is 0 Å². The summed E-state index contributed by atoms with van der Waals surface area (Å²) in [6.07, 6.45) is 5.70. The monoisotopic (exact) mass is 252 g/mol. The van der Waals surface area contributed by atoms with Gasteiger partial charge in [0.05, 0.1) is 0 Å². The van der Waals surface area contributed by atoms with E-state index in [2.05, 4.69) is 29.1 Å². The number of rotatable bonds is 3. The SMILES string of the molecule is CSc1nc(N)cc(NC2CCCC2(C)C)n1. The summed E-state index contributed by atoms with van der Waals surface area (Å²) in [5.74, 6) is 1.38. The third kappa shape index (κ3) is 2.83. The molecule has 0 saturated heterocycles. The second kappa shape index (κ2) is 4.72. The van der Waals surface area contributed by atoms with E-state index in [1.54, 1.807) is 0 Å². The minimum atomic E-state index is 0.333. The summed E-state index contributed by atoms with van der Waals surface area (Å²) in [5, 5.41) is 4.23. The number of nitrogen functional groups attached to an aromatic ring is 1. The Hall–Kier alpha value is -0.970. The van der Waals surface area contributed by atoms with Crippen LogP contribution in [-0.2, 0) is 0 Å². The van der Waals surface area contributed by atoms with E-state index in [1.807, 2.05) is 12.3 Å². The predicted octanol–water partition coefficient (Wildman–Crippen LogP) is 2.77. The summed E-state index contributed by atoms with van der Waals surface area (Å²) in [5.41, 5.74) is 6.10. The largest absolute Gasteiger partial charge is 0.383 e. The summed E-state index contributed by atoms with van der Waals surface area (Å²) in [6.45, 7) is 4.61. The highest BCUT2D eigenvalue weighted by atomic mass is 32.2. The van der Waals surface area contributed by atoms with E-state index >= 15 is 0 Å². The number of thioether (sulfide) groups is 1. The molecule has 1 aliphatic carbocycles. The first-order valence-corrected chi connectivity index (χ1v) is 7.19. The number of hydrogen-bond acceptors (Lipinski definition) is 5. The van der Waals surface area contributed by atoms with Crippen molar-refractivity contribution in [3.63, 3.8) is 0 Å². The van der Waals surface area contributed by atoms with Crippen LogP contribution in [0, 0.1) is 5.41 Å². The molecule has 0 aromatic carbocycles. The van der Waals surface area contributed by atoms with E-state index in [9.17, 15) is 0 Å². The fourth-order valence-electron chi connectivity index (χ4n) is 2.38. The molecule has 1 aromatic heterocycles. The maximum absolute atomic E-state index is 5.77. The summed E-state index contributed by atoms with van der Waals surface area (Å²) < 4.78 is 0. The van der Waals surface area contributed by atoms with E-state index in [-0.39, 0.29) is 0 Å². The van der Waals surface area contributed by atoms with Crippen LogP contribution in [0.3, 0.4) is 0 Å². The van der Waals surface area contributed by atoms with E-state index in [4.69, 9.17) is 5.73 Å². The molecule has 1 atom stereocenters. The van der Waals surface area contributed by atoms with Gasteiger partial charge in [-0.05, 0) is 24.5 Å². The maximum atomic E-state index is 5.77. The average molecular weight is 252 g/mol. The lowest BCUT2D eigenvalue weighted by atomic mass is 9.87. The molecule has 0 spiro atoms. The second-order valence-corrected chi connectivity index (χ2v) is 6.02. The van der Waals surface area contributed by atoms with Crippen molar-refractivity contribution < 1.29 is 0 Å². The molecule has 1 aliphatic rings. The standard InChI is InChI=1S/C12H20N4S/c1-12(2)6-4-5-8(12)14-10-7-9(13)15-11(16-10)17-3/h7-8H,4-6H2,1-3H3,(H3,13,14,15,16). The van der Waals surface area contributed by atoms with Gasteiger partial charge in [0.1, 0.15) is 11.6 Å². The Labute approximate surface area is 107 Å². The first-order chi connectivity index (χ1) is 8.01. The van der Waals surface area contributed by atoms with Crippen LogP contribution >= 0.6 is 11.8 Å². The highest BCUT2D eigenvalue weighted by molar-refractivity contribution is 7.98. The smallest absolute Gasteiger partial charge is 0.191 e. The Morgan fingerprint density at radius 2 is 2.24 bits per heavy atom. The fourth-order valence-corrected chi connectivity index (χ4v) is 2.77. The lowest BCUT2D eigenvalue weighted by molar-refractivity contribution is 0.349. The molecule has 0 amide bonds. The summed E-state index contributed by atoms with van der Waals surface area (Å²) >= 11 is 1.51. The molecule has 1 unspecified atom stereocenters. The minimum absolute atomic E-state index is 0.333. The van der Waals surface area contributed by atoms with E-state index in [0.29, 0.717) is 17.3 Å². The van der Waals surface area contributed by atoms with Gasteiger partial charge in [0.2, 0.25) is 0 Å². The lowest BCUT2D eigenvalue weighted by Gasteiger charge is -2.28. The Morgan fingerprint density at radius 1 is 1.47 bits per heavy atom. The molecule has 0 bridgehead atoms. The van der Waals surface area contributed by atoms with Crippen molar-refractivity contribution in [1.29, 1.82) is 0 Å². The molecule has 1 heterocycles. The van der Waals surface area contributed by atoms with Crippen molar-refractivity contribution in [2.45, 2.75) is 44.3 Å². The number of aromatic nitrogens is 2. The highest BCUT2D eigenvalue weighted by Gasteiger charge is 2.34. The molecule has 94 valence electrons. The van der Waals surface area contributed by atoms with Gasteiger partial charge in [-0.15, -0.1) is 0 Å². The van der Waals surface area contributed by atoms with Crippen LogP contribution in [0.15, 0.2) is 11.2 Å². The van der Waals surface area contributed by atoms with Crippen molar-refractivity contribution in [3.05, 3.63) is 6.07 Å². The number of nitrogens with zero attached hydrogens (tertiary/aromatic N) is 2. The molecule has 1 fully saturated rings. The van der Waals surface area contributed by atoms with Crippen LogP contribution in [0.2, 0.25) is 0 Å². The zero-order valence-corrected chi connectivity index (χ0v) is 11.5. The molecular formula is C12H20N4S. The Bertz CT molecular complexity index is 405. The van der Waals surface area contributed by atoms with Gasteiger partial charge >= 0.3 is 0 Å². The number of nitrogens with two attached hydrogens (primary N) is 1. The van der Waals surface area contributed by atoms with Gasteiger partial charge in [-0.2, -0.15) is 0 Å². The fraction of sp³-hybridized carbons (Fsp3) is 0.667. The topological polar surface area (TPSA) is 63.8 Å². The number of nitrogens with one attached hydrogen (secondary N) is 1. The normalized spacial score (nSPS) is 22.6. The maximum Gasteiger partial charge on any atom is 0.191 e.